The number of carbonyl (C=O) groups is 1. The molecule has 0 aliphatic heterocycles. The van der Waals surface area contributed by atoms with E-state index in [-0.39, 0.29) is 11.6 Å². The molecule has 1 heterocycles. The number of anilines is 2. The molecule has 130 valence electrons. The van der Waals surface area contributed by atoms with Crippen molar-refractivity contribution in [3.8, 4) is 0 Å². The van der Waals surface area contributed by atoms with Crippen LogP contribution in [-0.2, 0) is 10.0 Å². The Morgan fingerprint density at radius 2 is 1.72 bits per heavy atom. The average molecular weight is 415 g/mol. The van der Waals surface area contributed by atoms with Gasteiger partial charge in [0.05, 0.1) is 16.8 Å². The molecule has 1 aromatic heterocycles. The third kappa shape index (κ3) is 4.64. The van der Waals surface area contributed by atoms with Crippen molar-refractivity contribution in [3.63, 3.8) is 0 Å². The van der Waals surface area contributed by atoms with Gasteiger partial charge in [-0.25, -0.2) is 8.42 Å². The van der Waals surface area contributed by atoms with Gasteiger partial charge in [-0.2, -0.15) is 0 Å². The van der Waals surface area contributed by atoms with E-state index in [1.54, 1.807) is 18.2 Å². The van der Waals surface area contributed by atoms with Crippen molar-refractivity contribution in [3.05, 3.63) is 57.4 Å². The molecular formula is C16H12Cl2N2O3S2. The second-order valence-corrected chi connectivity index (χ2v) is 9.05. The van der Waals surface area contributed by atoms with Crippen molar-refractivity contribution in [2.45, 2.75) is 0 Å². The maximum absolute atomic E-state index is 12.5. The lowest BCUT2D eigenvalue weighted by Crippen LogP contribution is -2.12. The van der Waals surface area contributed by atoms with Crippen LogP contribution in [0.4, 0.5) is 11.4 Å². The highest BCUT2D eigenvalue weighted by atomic mass is 35.5. The highest BCUT2D eigenvalue weighted by Gasteiger charge is 2.12. The van der Waals surface area contributed by atoms with Crippen molar-refractivity contribution < 1.29 is 13.2 Å². The topological polar surface area (TPSA) is 75.3 Å². The van der Waals surface area contributed by atoms with Crippen LogP contribution in [0.15, 0.2) is 42.5 Å². The molecule has 3 aromatic rings. The van der Waals surface area contributed by atoms with Crippen molar-refractivity contribution >= 4 is 71.9 Å². The van der Waals surface area contributed by atoms with Gasteiger partial charge in [0.15, 0.2) is 0 Å². The summed E-state index contributed by atoms with van der Waals surface area (Å²) in [5.74, 6) is -0.315. The molecule has 0 saturated heterocycles. The largest absolute Gasteiger partial charge is 0.321 e. The standard InChI is InChI=1S/C16H12Cl2N2O3S2/c1-25(22,23)20-13-7-11(18)6-12(8-13)19-16(21)15-5-9-4-10(17)2-3-14(9)24-15/h2-8,20H,1H3,(H,19,21). The van der Waals surface area contributed by atoms with Crippen LogP contribution in [0.5, 0.6) is 0 Å². The summed E-state index contributed by atoms with van der Waals surface area (Å²) in [6, 6.07) is 11.7. The van der Waals surface area contributed by atoms with Gasteiger partial charge in [-0.3, -0.25) is 9.52 Å². The second kappa shape index (κ2) is 6.84. The monoisotopic (exact) mass is 414 g/mol. The molecule has 25 heavy (non-hydrogen) atoms. The summed E-state index contributed by atoms with van der Waals surface area (Å²) in [5, 5.41) is 4.50. The van der Waals surface area contributed by atoms with Gasteiger partial charge in [-0.15, -0.1) is 11.3 Å². The highest BCUT2D eigenvalue weighted by Crippen LogP contribution is 2.29. The first-order valence-electron chi connectivity index (χ1n) is 6.98. The Bertz CT molecular complexity index is 1080. The third-order valence-corrected chi connectivity index (χ3v) is 5.34. The highest BCUT2D eigenvalue weighted by molar-refractivity contribution is 7.92. The zero-order valence-corrected chi connectivity index (χ0v) is 16.0. The fourth-order valence-electron chi connectivity index (χ4n) is 2.25. The minimum Gasteiger partial charge on any atom is -0.321 e. The Morgan fingerprint density at radius 3 is 2.44 bits per heavy atom. The van der Waals surface area contributed by atoms with E-state index in [1.165, 1.54) is 29.5 Å². The molecule has 0 bridgehead atoms. The Balaban J connectivity index is 1.86. The lowest BCUT2D eigenvalue weighted by Gasteiger charge is -2.09. The molecule has 0 aliphatic rings. The zero-order chi connectivity index (χ0) is 18.2. The molecule has 0 aliphatic carbocycles. The number of benzene rings is 2. The molecule has 5 nitrogen and oxygen atoms in total. The SMILES string of the molecule is CS(=O)(=O)Nc1cc(Cl)cc(NC(=O)c2cc3cc(Cl)ccc3s2)c1. The molecule has 0 radical (unpaired) electrons. The van der Waals surface area contributed by atoms with Crippen LogP contribution in [0, 0.1) is 0 Å². The van der Waals surface area contributed by atoms with Gasteiger partial charge in [-0.05, 0) is 47.9 Å². The first kappa shape index (κ1) is 18.0. The molecule has 2 aromatic carbocycles. The maximum Gasteiger partial charge on any atom is 0.265 e. The number of sulfonamides is 1. The van der Waals surface area contributed by atoms with Crippen LogP contribution in [-0.4, -0.2) is 20.6 Å². The molecule has 0 fully saturated rings. The van der Waals surface area contributed by atoms with Crippen LogP contribution in [0.25, 0.3) is 10.1 Å². The van der Waals surface area contributed by atoms with Gasteiger partial charge >= 0.3 is 0 Å². The lowest BCUT2D eigenvalue weighted by molar-refractivity contribution is 0.103. The van der Waals surface area contributed by atoms with E-state index in [9.17, 15) is 13.2 Å². The number of amides is 1. The first-order chi connectivity index (χ1) is 11.7. The number of halogens is 2. The van der Waals surface area contributed by atoms with E-state index in [0.29, 0.717) is 20.6 Å². The molecule has 2 N–H and O–H groups in total. The summed E-state index contributed by atoms with van der Waals surface area (Å²) in [6.45, 7) is 0. The molecule has 0 unspecified atom stereocenters. The van der Waals surface area contributed by atoms with Crippen LogP contribution < -0.4 is 10.0 Å². The molecular weight excluding hydrogens is 403 g/mol. The fourth-order valence-corrected chi connectivity index (χ4v) is 4.15. The van der Waals surface area contributed by atoms with E-state index >= 15 is 0 Å². The number of fused-ring (bicyclic) bond motifs is 1. The Kier molecular flexibility index (Phi) is 4.92. The number of carbonyl (C=O) groups excluding carboxylic acids is 1. The van der Waals surface area contributed by atoms with E-state index in [2.05, 4.69) is 10.0 Å². The molecule has 0 spiro atoms. The predicted molar refractivity (Wildman–Crippen MR) is 105 cm³/mol. The van der Waals surface area contributed by atoms with E-state index < -0.39 is 10.0 Å². The fraction of sp³-hybridized carbons (Fsp3) is 0.0625. The summed E-state index contributed by atoms with van der Waals surface area (Å²) in [7, 11) is -3.44. The number of rotatable bonds is 4. The minimum atomic E-state index is -3.44. The molecule has 0 atom stereocenters. The van der Waals surface area contributed by atoms with Crippen LogP contribution in [0.2, 0.25) is 10.0 Å². The number of thiophene rings is 1. The Hall–Kier alpha value is -1.80. The van der Waals surface area contributed by atoms with Gasteiger partial charge in [0, 0.05) is 20.4 Å². The van der Waals surface area contributed by atoms with Crippen molar-refractivity contribution in [2.24, 2.45) is 0 Å². The normalized spacial score (nSPS) is 11.5. The number of hydrogen-bond acceptors (Lipinski definition) is 4. The minimum absolute atomic E-state index is 0.272. The van der Waals surface area contributed by atoms with Gasteiger partial charge in [0.25, 0.3) is 5.91 Å². The van der Waals surface area contributed by atoms with E-state index in [4.69, 9.17) is 23.2 Å². The van der Waals surface area contributed by atoms with Gasteiger partial charge in [0.2, 0.25) is 10.0 Å². The number of nitrogens with one attached hydrogen (secondary N) is 2. The van der Waals surface area contributed by atoms with Crippen molar-refractivity contribution in [2.75, 3.05) is 16.3 Å². The maximum atomic E-state index is 12.5. The zero-order valence-electron chi connectivity index (χ0n) is 12.8. The summed E-state index contributed by atoms with van der Waals surface area (Å²) in [5.41, 5.74) is 0.660. The quantitative estimate of drug-likeness (QED) is 0.641. The third-order valence-electron chi connectivity index (χ3n) is 3.16. The molecule has 0 saturated carbocycles. The summed E-state index contributed by atoms with van der Waals surface area (Å²) in [6.07, 6.45) is 1.04. The Morgan fingerprint density at radius 1 is 1.00 bits per heavy atom. The molecule has 1 amide bonds. The Labute approximate surface area is 158 Å². The van der Waals surface area contributed by atoms with Crippen LogP contribution in [0.1, 0.15) is 9.67 Å². The van der Waals surface area contributed by atoms with Gasteiger partial charge in [-0.1, -0.05) is 23.2 Å². The van der Waals surface area contributed by atoms with Gasteiger partial charge in [0.1, 0.15) is 0 Å². The van der Waals surface area contributed by atoms with Crippen molar-refractivity contribution in [1.82, 2.24) is 0 Å². The second-order valence-electron chi connectivity index (χ2n) is 5.35. The van der Waals surface area contributed by atoms with Crippen LogP contribution in [0.3, 0.4) is 0 Å². The van der Waals surface area contributed by atoms with E-state index in [1.807, 2.05) is 6.07 Å². The number of hydrogen-bond donors (Lipinski definition) is 2. The first-order valence-corrected chi connectivity index (χ1v) is 10.4. The molecule has 3 rings (SSSR count). The predicted octanol–water partition coefficient (Wildman–Crippen LogP) is 4.83. The van der Waals surface area contributed by atoms with Gasteiger partial charge < -0.3 is 5.32 Å². The summed E-state index contributed by atoms with van der Waals surface area (Å²) < 4.78 is 26.0. The summed E-state index contributed by atoms with van der Waals surface area (Å²) >= 11 is 13.3. The molecule has 9 heteroatoms. The summed E-state index contributed by atoms with van der Waals surface area (Å²) in [4.78, 5) is 13.0. The average Bonchev–Trinajstić information content (AvgIpc) is 2.87. The van der Waals surface area contributed by atoms with Crippen LogP contribution >= 0.6 is 34.5 Å². The van der Waals surface area contributed by atoms with Crippen molar-refractivity contribution in [1.29, 1.82) is 0 Å². The van der Waals surface area contributed by atoms with E-state index in [0.717, 1.165) is 16.3 Å². The lowest BCUT2D eigenvalue weighted by atomic mass is 10.2. The smallest absolute Gasteiger partial charge is 0.265 e.